The molecule has 0 amide bonds. The average Bonchev–Trinajstić information content (AvgIpc) is 2.59. The Kier molecular flexibility index (Phi) is 4.37. The maximum absolute atomic E-state index is 3.91. The number of rotatable bonds is 3. The summed E-state index contributed by atoms with van der Waals surface area (Å²) in [6, 6.07) is 9.00. The van der Waals surface area contributed by atoms with Gasteiger partial charge in [0.15, 0.2) is 0 Å². The Morgan fingerprint density at radius 2 is 1.44 bits per heavy atom. The minimum Gasteiger partial charge on any atom is -0.354 e. The first-order valence-corrected chi connectivity index (χ1v) is 6.59. The number of hydrogen-bond acceptors (Lipinski definition) is 0. The highest BCUT2D eigenvalue weighted by molar-refractivity contribution is 5.20. The lowest BCUT2D eigenvalue weighted by atomic mass is 10.1. The van der Waals surface area contributed by atoms with Crippen molar-refractivity contribution in [1.82, 2.24) is 0 Å². The summed E-state index contributed by atoms with van der Waals surface area (Å²) in [7, 11) is 0. The number of nitrogens with one attached hydrogen (secondary N) is 1. The Hall–Kier alpha value is -0.860. The average molecular weight is 220 g/mol. The van der Waals surface area contributed by atoms with E-state index in [9.17, 15) is 0 Å². The molecule has 0 unspecified atom stereocenters. The van der Waals surface area contributed by atoms with E-state index in [0.717, 1.165) is 6.54 Å². The quantitative estimate of drug-likeness (QED) is 0.738. The number of quaternary nitrogens is 2. The fourth-order valence-corrected chi connectivity index (χ4v) is 2.52. The van der Waals surface area contributed by atoms with Gasteiger partial charge in [-0.1, -0.05) is 24.3 Å². The number of benzene rings is 1. The van der Waals surface area contributed by atoms with Gasteiger partial charge in [-0.25, -0.2) is 0 Å². The summed E-state index contributed by atoms with van der Waals surface area (Å²) in [5.41, 5.74) is 6.73. The van der Waals surface area contributed by atoms with Gasteiger partial charge < -0.3 is 10.6 Å². The number of likely N-dealkylation sites (tertiary alicyclic amines) is 1. The van der Waals surface area contributed by atoms with Crippen LogP contribution in [-0.2, 0) is 13.1 Å². The van der Waals surface area contributed by atoms with Crippen LogP contribution in [0.15, 0.2) is 24.3 Å². The molecule has 16 heavy (non-hydrogen) atoms. The van der Waals surface area contributed by atoms with Crippen molar-refractivity contribution in [2.45, 2.75) is 38.8 Å². The Balaban J connectivity index is 1.91. The second-order valence-electron chi connectivity index (χ2n) is 4.91. The third-order valence-electron chi connectivity index (χ3n) is 3.58. The first-order chi connectivity index (χ1) is 7.88. The van der Waals surface area contributed by atoms with Crippen molar-refractivity contribution in [2.24, 2.45) is 0 Å². The normalized spacial score (nSPS) is 18.3. The van der Waals surface area contributed by atoms with E-state index < -0.39 is 0 Å². The van der Waals surface area contributed by atoms with Crippen LogP contribution < -0.4 is 10.6 Å². The molecule has 1 saturated heterocycles. The van der Waals surface area contributed by atoms with Crippen LogP contribution >= 0.6 is 0 Å². The van der Waals surface area contributed by atoms with Gasteiger partial charge in [0.05, 0.1) is 19.6 Å². The zero-order valence-electron chi connectivity index (χ0n) is 10.2. The Morgan fingerprint density at radius 3 is 2.00 bits per heavy atom. The summed E-state index contributed by atoms with van der Waals surface area (Å²) < 4.78 is 0. The van der Waals surface area contributed by atoms with Crippen molar-refractivity contribution in [2.75, 3.05) is 13.1 Å². The van der Waals surface area contributed by atoms with Gasteiger partial charge >= 0.3 is 0 Å². The lowest BCUT2D eigenvalue weighted by molar-refractivity contribution is -0.913. The van der Waals surface area contributed by atoms with Gasteiger partial charge in [0.2, 0.25) is 0 Å². The van der Waals surface area contributed by atoms with Crippen molar-refractivity contribution in [1.29, 1.82) is 0 Å². The molecule has 0 spiro atoms. The molecule has 0 aromatic heterocycles. The minimum absolute atomic E-state index is 0.900. The van der Waals surface area contributed by atoms with E-state index in [2.05, 4.69) is 30.0 Å². The van der Waals surface area contributed by atoms with Gasteiger partial charge in [-0.05, 0) is 25.7 Å². The monoisotopic (exact) mass is 220 g/mol. The molecule has 0 aliphatic carbocycles. The van der Waals surface area contributed by atoms with E-state index >= 15 is 0 Å². The van der Waals surface area contributed by atoms with Crippen LogP contribution in [-0.4, -0.2) is 13.1 Å². The van der Waals surface area contributed by atoms with E-state index in [0.29, 0.717) is 0 Å². The van der Waals surface area contributed by atoms with Crippen LogP contribution in [0.1, 0.15) is 36.8 Å². The molecular weight excluding hydrogens is 196 g/mol. The largest absolute Gasteiger partial charge is 0.354 e. The first kappa shape index (κ1) is 11.6. The second-order valence-corrected chi connectivity index (χ2v) is 4.91. The van der Waals surface area contributed by atoms with E-state index in [-0.39, 0.29) is 0 Å². The van der Waals surface area contributed by atoms with Crippen LogP contribution in [0.25, 0.3) is 0 Å². The molecule has 4 N–H and O–H groups in total. The van der Waals surface area contributed by atoms with Crippen LogP contribution in [0, 0.1) is 0 Å². The molecule has 1 aromatic rings. The highest BCUT2D eigenvalue weighted by atomic mass is 15.1. The van der Waals surface area contributed by atoms with E-state index in [4.69, 9.17) is 0 Å². The van der Waals surface area contributed by atoms with E-state index in [1.807, 2.05) is 0 Å². The van der Waals surface area contributed by atoms with E-state index in [1.165, 1.54) is 56.4 Å². The third kappa shape index (κ3) is 3.32. The predicted octanol–water partition coefficient (Wildman–Crippen LogP) is 0.387. The number of hydrogen-bond donors (Lipinski definition) is 2. The van der Waals surface area contributed by atoms with Gasteiger partial charge in [0.25, 0.3) is 0 Å². The molecule has 2 heteroatoms. The molecule has 2 rings (SSSR count). The minimum atomic E-state index is 0.900. The topological polar surface area (TPSA) is 32.1 Å². The molecule has 1 aliphatic rings. The van der Waals surface area contributed by atoms with Crippen molar-refractivity contribution in [3.63, 3.8) is 0 Å². The summed E-state index contributed by atoms with van der Waals surface area (Å²) >= 11 is 0. The summed E-state index contributed by atoms with van der Waals surface area (Å²) in [6.45, 7) is 4.82. The molecule has 1 aliphatic heterocycles. The Bertz CT molecular complexity index is 297. The van der Waals surface area contributed by atoms with Crippen molar-refractivity contribution in [3.05, 3.63) is 35.4 Å². The fourth-order valence-electron chi connectivity index (χ4n) is 2.52. The van der Waals surface area contributed by atoms with Crippen LogP contribution in [0.4, 0.5) is 0 Å². The molecule has 0 radical (unpaired) electrons. The third-order valence-corrected chi connectivity index (χ3v) is 3.58. The molecule has 1 heterocycles. The SMILES string of the molecule is [NH3+]Cc1ccc(C[NH+]2CCCCCC2)cc1. The van der Waals surface area contributed by atoms with Crippen LogP contribution in [0.2, 0.25) is 0 Å². The highest BCUT2D eigenvalue weighted by Crippen LogP contribution is 2.03. The van der Waals surface area contributed by atoms with Gasteiger partial charge in [-0.3, -0.25) is 0 Å². The van der Waals surface area contributed by atoms with Crippen molar-refractivity contribution >= 4 is 0 Å². The lowest BCUT2D eigenvalue weighted by Crippen LogP contribution is -3.10. The first-order valence-electron chi connectivity index (χ1n) is 6.59. The molecular formula is C14H24N2+2. The smallest absolute Gasteiger partial charge is 0.103 e. The molecule has 0 bridgehead atoms. The van der Waals surface area contributed by atoms with Gasteiger partial charge in [-0.2, -0.15) is 0 Å². The maximum Gasteiger partial charge on any atom is 0.103 e. The predicted molar refractivity (Wildman–Crippen MR) is 65.9 cm³/mol. The van der Waals surface area contributed by atoms with Crippen molar-refractivity contribution < 1.29 is 10.6 Å². The Morgan fingerprint density at radius 1 is 0.875 bits per heavy atom. The lowest BCUT2D eigenvalue weighted by Gasteiger charge is -2.16. The molecule has 0 atom stereocenters. The molecule has 88 valence electrons. The standard InChI is InChI=1S/C14H22N2/c15-11-13-5-7-14(8-6-13)12-16-9-3-1-2-4-10-16/h5-8H,1-4,9-12,15H2/p+2. The second kappa shape index (κ2) is 6.02. The zero-order chi connectivity index (χ0) is 11.2. The van der Waals surface area contributed by atoms with Crippen LogP contribution in [0.5, 0.6) is 0 Å². The van der Waals surface area contributed by atoms with E-state index in [1.54, 1.807) is 4.90 Å². The molecule has 1 fully saturated rings. The Labute approximate surface area is 98.4 Å². The molecule has 1 aromatic carbocycles. The van der Waals surface area contributed by atoms with Gasteiger partial charge in [0.1, 0.15) is 6.54 Å². The summed E-state index contributed by atoms with van der Waals surface area (Å²) in [5, 5.41) is 0. The van der Waals surface area contributed by atoms with Crippen molar-refractivity contribution in [3.8, 4) is 0 Å². The molecule has 2 nitrogen and oxygen atoms in total. The van der Waals surface area contributed by atoms with Gasteiger partial charge in [-0.15, -0.1) is 0 Å². The summed E-state index contributed by atoms with van der Waals surface area (Å²) in [6.07, 6.45) is 5.69. The summed E-state index contributed by atoms with van der Waals surface area (Å²) in [5.74, 6) is 0. The fraction of sp³-hybridized carbons (Fsp3) is 0.571. The summed E-state index contributed by atoms with van der Waals surface area (Å²) in [4.78, 5) is 1.76. The van der Waals surface area contributed by atoms with Gasteiger partial charge in [0, 0.05) is 11.1 Å². The zero-order valence-corrected chi connectivity index (χ0v) is 10.2. The van der Waals surface area contributed by atoms with Crippen LogP contribution in [0.3, 0.4) is 0 Å². The maximum atomic E-state index is 3.91. The highest BCUT2D eigenvalue weighted by Gasteiger charge is 2.12. The molecule has 0 saturated carbocycles.